The van der Waals surface area contributed by atoms with Crippen LogP contribution in [-0.2, 0) is 23.2 Å². The molecule has 0 aliphatic carbocycles. The highest BCUT2D eigenvalue weighted by Gasteiger charge is 2.46. The number of nitrogens with zero attached hydrogens (tertiary/aromatic N) is 4. The summed E-state index contributed by atoms with van der Waals surface area (Å²) in [6.45, 7) is 1.99. The minimum atomic E-state index is -0.931. The van der Waals surface area contributed by atoms with Crippen LogP contribution in [0.3, 0.4) is 0 Å². The van der Waals surface area contributed by atoms with Gasteiger partial charge in [-0.3, -0.25) is 29.1 Å². The summed E-state index contributed by atoms with van der Waals surface area (Å²) in [5.74, 6) is -0.964. The number of amides is 3. The largest absolute Gasteiger partial charge is 0.326 e. The maximum absolute atomic E-state index is 14.0. The molecule has 1 saturated heterocycles. The molecule has 5 aromatic rings. The van der Waals surface area contributed by atoms with Crippen molar-refractivity contribution in [3.05, 3.63) is 137 Å². The molecule has 1 unspecified atom stereocenters. The van der Waals surface area contributed by atoms with E-state index < -0.39 is 6.04 Å². The molecule has 48 heavy (non-hydrogen) atoms. The first-order chi connectivity index (χ1) is 23.3. The molecule has 10 nitrogen and oxygen atoms in total. The molecule has 2 N–H and O–H groups in total. The number of carbonyl (C=O) groups excluding carboxylic acids is 3. The Morgan fingerprint density at radius 3 is 2.17 bits per heavy atom. The number of aryl methyl sites for hydroxylation is 2. The molecular formula is C37H33N6O4S+. The number of hydrogen-bond acceptors (Lipinski definition) is 6. The van der Waals surface area contributed by atoms with Crippen LogP contribution in [0.2, 0.25) is 0 Å². The number of thiocarbonyl (C=S) groups is 1. The van der Waals surface area contributed by atoms with Gasteiger partial charge >= 0.3 is 5.88 Å². The lowest BCUT2D eigenvalue weighted by Crippen LogP contribution is -2.43. The second-order valence-corrected chi connectivity index (χ2v) is 11.7. The minimum absolute atomic E-state index is 0.0394. The molecule has 0 spiro atoms. The third-order valence-corrected chi connectivity index (χ3v) is 8.36. The van der Waals surface area contributed by atoms with E-state index in [1.165, 1.54) is 9.58 Å². The van der Waals surface area contributed by atoms with Gasteiger partial charge in [-0.2, -0.15) is 0 Å². The molecule has 11 heteroatoms. The molecule has 0 saturated carbocycles. The summed E-state index contributed by atoms with van der Waals surface area (Å²) >= 11 is 5.86. The van der Waals surface area contributed by atoms with Crippen molar-refractivity contribution in [2.45, 2.75) is 25.9 Å². The molecule has 4 aromatic carbocycles. The van der Waals surface area contributed by atoms with Crippen LogP contribution in [0.5, 0.6) is 0 Å². The summed E-state index contributed by atoms with van der Waals surface area (Å²) in [6, 6.07) is 32.6. The number of nitrogens with one attached hydrogen (secondary N) is 2. The van der Waals surface area contributed by atoms with Gasteiger partial charge in [-0.25, -0.2) is 0 Å². The maximum Gasteiger partial charge on any atom is 0.307 e. The molecule has 3 amide bonds. The summed E-state index contributed by atoms with van der Waals surface area (Å²) in [7, 11) is 1.66. The average Bonchev–Trinajstić information content (AvgIpc) is 3.56. The third-order valence-electron chi connectivity index (χ3n) is 7.94. The van der Waals surface area contributed by atoms with Crippen molar-refractivity contribution in [2.24, 2.45) is 7.05 Å². The van der Waals surface area contributed by atoms with E-state index in [0.717, 1.165) is 16.7 Å². The van der Waals surface area contributed by atoms with Gasteiger partial charge in [0, 0.05) is 11.3 Å². The van der Waals surface area contributed by atoms with Crippen molar-refractivity contribution in [3.8, 4) is 0 Å². The lowest BCUT2D eigenvalue weighted by molar-refractivity contribution is -0.746. The zero-order valence-electron chi connectivity index (χ0n) is 26.4. The highest BCUT2D eigenvalue weighted by atomic mass is 32.1. The first-order valence-electron chi connectivity index (χ1n) is 15.3. The van der Waals surface area contributed by atoms with Gasteiger partial charge in [0.2, 0.25) is 11.2 Å². The van der Waals surface area contributed by atoms with Crippen molar-refractivity contribution in [3.63, 3.8) is 0 Å². The Bertz CT molecular complexity index is 1980. The van der Waals surface area contributed by atoms with Crippen LogP contribution in [0.25, 0.3) is 12.2 Å². The van der Waals surface area contributed by atoms with Gasteiger partial charge < -0.3 is 10.2 Å². The monoisotopic (exact) mass is 657 g/mol. The number of carbonyl (C=O) groups is 3. The van der Waals surface area contributed by atoms with E-state index in [1.807, 2.05) is 104 Å². The molecule has 0 radical (unpaired) electrons. The Kier molecular flexibility index (Phi) is 9.49. The molecule has 2 heterocycles. The Hall–Kier alpha value is -5.94. The number of benzene rings is 4. The molecule has 6 rings (SSSR count). The first kappa shape index (κ1) is 32.0. The molecule has 240 valence electrons. The Morgan fingerprint density at radius 1 is 0.875 bits per heavy atom. The highest BCUT2D eigenvalue weighted by molar-refractivity contribution is 7.80. The molecule has 1 aromatic heterocycles. The standard InChI is InChI=1S/C37H32N6O4S/c1-25-13-21-30(22-14-25)43-36(46)31(23-33(44)38-29-19-17-27(18-20-29)16-15-26-9-5-3-6-10-26)42(37(43)48)24-32-35(47-40-41(32)2)39-34(45)28-11-7-4-8-12-28/h3-22,31H,23-24H2,1-2H3,(H-,38,39,40,44,45)/p+1/b16-15+. The van der Waals surface area contributed by atoms with Crippen LogP contribution in [0, 0.1) is 6.92 Å². The summed E-state index contributed by atoms with van der Waals surface area (Å²) < 4.78 is 6.93. The van der Waals surface area contributed by atoms with E-state index in [0.29, 0.717) is 22.6 Å². The van der Waals surface area contributed by atoms with Crippen LogP contribution in [-0.4, -0.2) is 39.0 Å². The van der Waals surface area contributed by atoms with Gasteiger partial charge in [-0.15, -0.1) is 0 Å². The van der Waals surface area contributed by atoms with E-state index >= 15 is 0 Å². The fraction of sp³-hybridized carbons (Fsp3) is 0.135. The summed E-state index contributed by atoms with van der Waals surface area (Å²) in [5.41, 5.74) is 5.19. The lowest BCUT2D eigenvalue weighted by atomic mass is 10.1. The number of hydrogen-bond donors (Lipinski definition) is 2. The summed E-state index contributed by atoms with van der Waals surface area (Å²) in [6.07, 6.45) is 3.85. The Labute approximate surface area is 283 Å². The lowest BCUT2D eigenvalue weighted by Gasteiger charge is -2.22. The maximum atomic E-state index is 14.0. The number of anilines is 3. The van der Waals surface area contributed by atoms with Gasteiger partial charge in [0.1, 0.15) is 12.6 Å². The molecule has 1 fully saturated rings. The van der Waals surface area contributed by atoms with Crippen LogP contribution in [0.4, 0.5) is 17.3 Å². The van der Waals surface area contributed by atoms with Crippen LogP contribution in [0.1, 0.15) is 39.2 Å². The first-order valence-corrected chi connectivity index (χ1v) is 15.7. The third kappa shape index (κ3) is 7.21. The smallest absolute Gasteiger partial charge is 0.307 e. The molecular weight excluding hydrogens is 625 g/mol. The van der Waals surface area contributed by atoms with Crippen molar-refractivity contribution < 1.29 is 23.6 Å². The molecule has 1 atom stereocenters. The fourth-order valence-corrected chi connectivity index (χ4v) is 5.70. The van der Waals surface area contributed by atoms with Gasteiger partial charge in [0.25, 0.3) is 17.5 Å². The topological polar surface area (TPSA) is 112 Å². The zero-order chi connectivity index (χ0) is 33.6. The molecule has 0 bridgehead atoms. The summed E-state index contributed by atoms with van der Waals surface area (Å²) in [4.78, 5) is 43.5. The van der Waals surface area contributed by atoms with E-state index in [-0.39, 0.29) is 41.7 Å². The predicted octanol–water partition coefficient (Wildman–Crippen LogP) is 5.76. The average molecular weight is 658 g/mol. The molecule has 1 aliphatic heterocycles. The summed E-state index contributed by atoms with van der Waals surface area (Å²) in [5, 5.41) is 9.89. The quantitative estimate of drug-likeness (QED) is 0.112. The minimum Gasteiger partial charge on any atom is -0.326 e. The van der Waals surface area contributed by atoms with Gasteiger partial charge in [0.15, 0.2) is 12.2 Å². The Balaban J connectivity index is 1.21. The zero-order valence-corrected chi connectivity index (χ0v) is 27.2. The predicted molar refractivity (Wildman–Crippen MR) is 188 cm³/mol. The van der Waals surface area contributed by atoms with E-state index in [1.54, 1.807) is 36.2 Å². The van der Waals surface area contributed by atoms with Gasteiger partial charge in [-0.1, -0.05) is 90.5 Å². The van der Waals surface area contributed by atoms with Gasteiger partial charge in [0.05, 0.1) is 12.1 Å². The Morgan fingerprint density at radius 2 is 1.50 bits per heavy atom. The van der Waals surface area contributed by atoms with Crippen LogP contribution in [0.15, 0.2) is 114 Å². The highest BCUT2D eigenvalue weighted by Crippen LogP contribution is 2.30. The van der Waals surface area contributed by atoms with Crippen molar-refractivity contribution >= 4 is 64.5 Å². The van der Waals surface area contributed by atoms with E-state index in [4.69, 9.17) is 16.7 Å². The SMILES string of the molecule is Cc1ccc(N2C(=O)C(CC(=O)Nc3ccc(/C=C/c4ccccc4)cc3)N(Cc3c(NC(=O)c4ccccc4)on[n+]3C)C2=S)cc1. The van der Waals surface area contributed by atoms with Crippen molar-refractivity contribution in [1.82, 2.24) is 10.2 Å². The second-order valence-electron chi connectivity index (χ2n) is 11.3. The van der Waals surface area contributed by atoms with E-state index in [2.05, 4.69) is 15.9 Å². The van der Waals surface area contributed by atoms with Crippen molar-refractivity contribution in [1.29, 1.82) is 0 Å². The van der Waals surface area contributed by atoms with Crippen molar-refractivity contribution in [2.75, 3.05) is 15.5 Å². The van der Waals surface area contributed by atoms with E-state index in [9.17, 15) is 14.4 Å². The van der Waals surface area contributed by atoms with Gasteiger partial charge in [-0.05, 0) is 71.3 Å². The fourth-order valence-electron chi connectivity index (χ4n) is 5.31. The van der Waals surface area contributed by atoms with Crippen LogP contribution < -0.4 is 20.2 Å². The number of aromatic nitrogens is 2. The number of rotatable bonds is 10. The van der Waals surface area contributed by atoms with Crippen LogP contribution >= 0.6 is 12.2 Å². The normalized spacial score (nSPS) is 14.5. The second kappa shape index (κ2) is 14.2. The molecule has 1 aliphatic rings.